The Balaban J connectivity index is 1.67. The van der Waals surface area contributed by atoms with E-state index in [2.05, 4.69) is 5.32 Å². The molecule has 2 aliphatic rings. The second kappa shape index (κ2) is 4.98. The number of amides is 2. The van der Waals surface area contributed by atoms with Gasteiger partial charge >= 0.3 is 6.09 Å². The summed E-state index contributed by atoms with van der Waals surface area (Å²) in [6.45, 7) is 1.26. The van der Waals surface area contributed by atoms with Crippen LogP contribution in [0.25, 0.3) is 0 Å². The summed E-state index contributed by atoms with van der Waals surface area (Å²) in [5, 5.41) is 2.61. The van der Waals surface area contributed by atoms with Gasteiger partial charge in [0.05, 0.1) is 6.54 Å². The maximum absolute atomic E-state index is 13.2. The Hall–Kier alpha value is -2.18. The fourth-order valence-electron chi connectivity index (χ4n) is 2.71. The van der Waals surface area contributed by atoms with E-state index in [0.717, 1.165) is 12.1 Å². The Labute approximate surface area is 119 Å². The lowest BCUT2D eigenvalue weighted by atomic mass is 9.91. The topological polar surface area (TPSA) is 58.6 Å². The van der Waals surface area contributed by atoms with Crippen LogP contribution in [0.4, 0.5) is 13.6 Å². The van der Waals surface area contributed by atoms with Crippen molar-refractivity contribution in [2.75, 3.05) is 19.6 Å². The predicted molar refractivity (Wildman–Crippen MR) is 68.7 cm³/mol. The zero-order valence-corrected chi connectivity index (χ0v) is 11.2. The van der Waals surface area contributed by atoms with Crippen molar-refractivity contribution >= 4 is 12.0 Å². The summed E-state index contributed by atoms with van der Waals surface area (Å²) < 4.78 is 31.3. The molecule has 1 N–H and O–H groups in total. The summed E-state index contributed by atoms with van der Waals surface area (Å²) in [5.74, 6) is -2.36. The molecular formula is C14H14F2N2O3. The second-order valence-corrected chi connectivity index (χ2v) is 5.35. The lowest BCUT2D eigenvalue weighted by Gasteiger charge is -2.37. The largest absolute Gasteiger partial charge is 0.441 e. The maximum Gasteiger partial charge on any atom is 0.407 e. The molecule has 1 spiro atoms. The number of likely N-dealkylation sites (tertiary alicyclic amines) is 1. The van der Waals surface area contributed by atoms with Gasteiger partial charge < -0.3 is 15.0 Å². The summed E-state index contributed by atoms with van der Waals surface area (Å²) in [6.07, 6.45) is 0.623. The highest BCUT2D eigenvalue weighted by Crippen LogP contribution is 2.29. The van der Waals surface area contributed by atoms with Crippen LogP contribution in [0.2, 0.25) is 0 Å². The molecular weight excluding hydrogens is 282 g/mol. The first kappa shape index (κ1) is 13.8. The first-order valence-electron chi connectivity index (χ1n) is 6.70. The average molecular weight is 296 g/mol. The first-order valence-corrected chi connectivity index (χ1v) is 6.70. The van der Waals surface area contributed by atoms with Crippen LogP contribution in [0.1, 0.15) is 23.2 Å². The molecule has 7 heteroatoms. The Bertz CT molecular complexity index is 598. The monoisotopic (exact) mass is 296 g/mol. The number of ether oxygens (including phenoxy) is 1. The van der Waals surface area contributed by atoms with Crippen LogP contribution in [0.3, 0.4) is 0 Å². The molecule has 3 rings (SSSR count). The number of benzene rings is 1. The Kier molecular flexibility index (Phi) is 3.27. The number of hydrogen-bond acceptors (Lipinski definition) is 3. The van der Waals surface area contributed by atoms with E-state index in [1.54, 1.807) is 4.90 Å². The van der Waals surface area contributed by atoms with Gasteiger partial charge in [0.2, 0.25) is 0 Å². The van der Waals surface area contributed by atoms with E-state index in [0.29, 0.717) is 32.5 Å². The number of piperidine rings is 1. The third kappa shape index (κ3) is 2.55. The Morgan fingerprint density at radius 1 is 1.24 bits per heavy atom. The lowest BCUT2D eigenvalue weighted by Crippen LogP contribution is -2.48. The first-order chi connectivity index (χ1) is 9.99. The van der Waals surface area contributed by atoms with Gasteiger partial charge in [-0.1, -0.05) is 0 Å². The van der Waals surface area contributed by atoms with Crippen molar-refractivity contribution in [1.29, 1.82) is 0 Å². The van der Waals surface area contributed by atoms with Crippen molar-refractivity contribution in [1.82, 2.24) is 10.2 Å². The normalized spacial score (nSPS) is 20.3. The zero-order chi connectivity index (χ0) is 15.0. The van der Waals surface area contributed by atoms with Gasteiger partial charge in [-0.2, -0.15) is 0 Å². The molecule has 0 unspecified atom stereocenters. The number of alkyl carbamates (subject to hydrolysis) is 1. The molecule has 0 aliphatic carbocycles. The van der Waals surface area contributed by atoms with E-state index in [1.807, 2.05) is 0 Å². The van der Waals surface area contributed by atoms with Crippen LogP contribution in [0.5, 0.6) is 0 Å². The van der Waals surface area contributed by atoms with Gasteiger partial charge in [0.15, 0.2) is 11.6 Å². The van der Waals surface area contributed by atoms with Crippen molar-refractivity contribution in [3.8, 4) is 0 Å². The van der Waals surface area contributed by atoms with Crippen molar-refractivity contribution in [2.45, 2.75) is 18.4 Å². The third-order valence-electron chi connectivity index (χ3n) is 3.99. The molecule has 2 amide bonds. The lowest BCUT2D eigenvalue weighted by molar-refractivity contribution is 0.00329. The molecule has 2 heterocycles. The van der Waals surface area contributed by atoms with Crippen LogP contribution in [0.15, 0.2) is 18.2 Å². The molecule has 2 aliphatic heterocycles. The number of rotatable bonds is 1. The fourth-order valence-corrected chi connectivity index (χ4v) is 2.71. The number of carbonyl (C=O) groups excluding carboxylic acids is 2. The van der Waals surface area contributed by atoms with Crippen LogP contribution in [0, 0.1) is 11.6 Å². The van der Waals surface area contributed by atoms with E-state index in [9.17, 15) is 18.4 Å². The molecule has 0 radical (unpaired) electrons. The molecule has 112 valence electrons. The second-order valence-electron chi connectivity index (χ2n) is 5.35. The smallest absolute Gasteiger partial charge is 0.407 e. The minimum atomic E-state index is -1.04. The van der Waals surface area contributed by atoms with Gasteiger partial charge in [0.25, 0.3) is 5.91 Å². The summed E-state index contributed by atoms with van der Waals surface area (Å²) in [6, 6.07) is 3.11. The van der Waals surface area contributed by atoms with E-state index >= 15 is 0 Å². The number of nitrogens with zero attached hydrogens (tertiary/aromatic N) is 1. The van der Waals surface area contributed by atoms with E-state index in [-0.39, 0.29) is 11.5 Å². The van der Waals surface area contributed by atoms with Gasteiger partial charge in [-0.15, -0.1) is 0 Å². The molecule has 0 saturated carbocycles. The van der Waals surface area contributed by atoms with Gasteiger partial charge in [-0.05, 0) is 18.2 Å². The van der Waals surface area contributed by atoms with Crippen molar-refractivity contribution in [3.63, 3.8) is 0 Å². The Morgan fingerprint density at radius 3 is 2.52 bits per heavy atom. The molecule has 1 aromatic carbocycles. The number of halogens is 2. The molecule has 0 bridgehead atoms. The zero-order valence-electron chi connectivity index (χ0n) is 11.2. The molecule has 0 aromatic heterocycles. The molecule has 2 saturated heterocycles. The van der Waals surface area contributed by atoms with Crippen LogP contribution >= 0.6 is 0 Å². The van der Waals surface area contributed by atoms with Crippen LogP contribution in [-0.4, -0.2) is 42.1 Å². The third-order valence-corrected chi connectivity index (χ3v) is 3.99. The van der Waals surface area contributed by atoms with Gasteiger partial charge in [0, 0.05) is 31.5 Å². The fraction of sp³-hybridized carbons (Fsp3) is 0.429. The molecule has 2 fully saturated rings. The SMILES string of the molecule is O=C1NCC2(CCN(C(=O)c3ccc(F)c(F)c3)CC2)O1. The van der Waals surface area contributed by atoms with Crippen molar-refractivity contribution < 1.29 is 23.1 Å². The summed E-state index contributed by atoms with van der Waals surface area (Å²) in [5.41, 5.74) is -0.423. The van der Waals surface area contributed by atoms with Crippen molar-refractivity contribution in [3.05, 3.63) is 35.4 Å². The van der Waals surface area contributed by atoms with E-state index in [1.165, 1.54) is 6.07 Å². The summed E-state index contributed by atoms with van der Waals surface area (Å²) in [7, 11) is 0. The highest BCUT2D eigenvalue weighted by atomic mass is 19.2. The van der Waals surface area contributed by atoms with E-state index < -0.39 is 23.3 Å². The number of nitrogens with one attached hydrogen (secondary N) is 1. The average Bonchev–Trinajstić information content (AvgIpc) is 2.83. The van der Waals surface area contributed by atoms with Gasteiger partial charge in [0.1, 0.15) is 5.60 Å². The molecule has 1 aromatic rings. The quantitative estimate of drug-likeness (QED) is 0.858. The highest BCUT2D eigenvalue weighted by molar-refractivity contribution is 5.94. The molecule has 0 atom stereocenters. The minimum Gasteiger partial charge on any atom is -0.441 e. The van der Waals surface area contributed by atoms with E-state index in [4.69, 9.17) is 4.74 Å². The maximum atomic E-state index is 13.2. The summed E-state index contributed by atoms with van der Waals surface area (Å²) in [4.78, 5) is 24.9. The minimum absolute atomic E-state index is 0.117. The van der Waals surface area contributed by atoms with Crippen LogP contribution in [-0.2, 0) is 4.74 Å². The number of hydrogen-bond donors (Lipinski definition) is 1. The molecule has 21 heavy (non-hydrogen) atoms. The standard InChI is InChI=1S/C14H14F2N2O3/c15-10-2-1-9(7-11(10)16)12(19)18-5-3-14(4-6-18)8-17-13(20)21-14/h1-2,7H,3-6,8H2,(H,17,20). The Morgan fingerprint density at radius 2 is 1.95 bits per heavy atom. The highest BCUT2D eigenvalue weighted by Gasteiger charge is 2.43. The molecule has 5 nitrogen and oxygen atoms in total. The number of carbonyl (C=O) groups is 2. The predicted octanol–water partition coefficient (Wildman–Crippen LogP) is 1.68. The van der Waals surface area contributed by atoms with Crippen LogP contribution < -0.4 is 5.32 Å². The van der Waals surface area contributed by atoms with Gasteiger partial charge in [-0.3, -0.25) is 4.79 Å². The van der Waals surface area contributed by atoms with Gasteiger partial charge in [-0.25, -0.2) is 13.6 Å². The van der Waals surface area contributed by atoms with Crippen molar-refractivity contribution in [2.24, 2.45) is 0 Å². The summed E-state index contributed by atoms with van der Waals surface area (Å²) >= 11 is 0.